The van der Waals surface area contributed by atoms with Crippen molar-refractivity contribution in [1.82, 2.24) is 0 Å². The predicted octanol–water partition coefficient (Wildman–Crippen LogP) is 5.28. The monoisotopic (exact) mass is 492 g/mol. The van der Waals surface area contributed by atoms with E-state index in [1.54, 1.807) is 30.3 Å². The summed E-state index contributed by atoms with van der Waals surface area (Å²) in [5.74, 6) is -0.141. The highest BCUT2D eigenvalue weighted by Gasteiger charge is 2.45. The van der Waals surface area contributed by atoms with Gasteiger partial charge in [0, 0.05) is 10.5 Å². The van der Waals surface area contributed by atoms with E-state index >= 15 is 0 Å². The highest BCUT2D eigenvalue weighted by atomic mass is 79.9. The van der Waals surface area contributed by atoms with Crippen LogP contribution in [0.4, 0.5) is 0 Å². The minimum Gasteiger partial charge on any atom is -0.490 e. The normalized spacial score (nSPS) is 15.0. The second-order valence-corrected chi connectivity index (χ2v) is 8.40. The summed E-state index contributed by atoms with van der Waals surface area (Å²) >= 11 is 9.62. The van der Waals surface area contributed by atoms with Crippen molar-refractivity contribution >= 4 is 44.5 Å². The smallest absolute Gasteiger partial charge is 0.335 e. The van der Waals surface area contributed by atoms with Crippen LogP contribution in [0.3, 0.4) is 0 Å². The summed E-state index contributed by atoms with van der Waals surface area (Å²) in [4.78, 5) is 23.9. The van der Waals surface area contributed by atoms with Gasteiger partial charge in [-0.05, 0) is 49.6 Å². The van der Waals surface area contributed by atoms with Crippen LogP contribution in [0.5, 0.6) is 5.75 Å². The summed E-state index contributed by atoms with van der Waals surface area (Å²) < 4.78 is 18.1. The quantitative estimate of drug-likeness (QED) is 0.451. The molecule has 0 spiro atoms. The van der Waals surface area contributed by atoms with Crippen molar-refractivity contribution in [2.45, 2.75) is 24.9 Å². The molecule has 1 aliphatic carbocycles. The van der Waals surface area contributed by atoms with Crippen LogP contribution in [-0.4, -0.2) is 29.9 Å². The van der Waals surface area contributed by atoms with Crippen molar-refractivity contribution in [3.8, 4) is 17.1 Å². The van der Waals surface area contributed by atoms with E-state index in [0.717, 1.165) is 10.9 Å². The van der Waals surface area contributed by atoms with Gasteiger partial charge in [0.25, 0.3) is 0 Å². The number of ether oxygens (including phenoxy) is 2. The zero-order valence-electron chi connectivity index (χ0n) is 15.8. The molecule has 0 unspecified atom stereocenters. The third-order valence-corrected chi connectivity index (χ3v) is 5.98. The first kappa shape index (κ1) is 20.9. The van der Waals surface area contributed by atoms with Gasteiger partial charge in [0.1, 0.15) is 18.1 Å². The Morgan fingerprint density at radius 1 is 1.20 bits per heavy atom. The molecule has 1 fully saturated rings. The van der Waals surface area contributed by atoms with Gasteiger partial charge in [-0.2, -0.15) is 0 Å². The molecule has 0 aliphatic heterocycles. The molecule has 1 N–H and O–H groups in total. The van der Waals surface area contributed by atoms with Crippen molar-refractivity contribution in [3.05, 3.63) is 62.2 Å². The standard InChI is InChI=1S/C22H18BrClO6/c23-13-5-6-15(19-12-17(25)14-3-1-4-16(24)20(14)30-19)18(11-13)28-9-10-29-22(21(26)27)7-2-8-22/h1,3-6,11-12H,2,7-10H2,(H,26,27). The molecule has 0 bridgehead atoms. The number of halogens is 2. The van der Waals surface area contributed by atoms with Gasteiger partial charge in [-0.25, -0.2) is 4.79 Å². The predicted molar refractivity (Wildman–Crippen MR) is 116 cm³/mol. The number of fused-ring (bicyclic) bond motifs is 1. The largest absolute Gasteiger partial charge is 0.490 e. The molecule has 2 aromatic carbocycles. The van der Waals surface area contributed by atoms with E-state index < -0.39 is 11.6 Å². The Balaban J connectivity index is 1.58. The number of para-hydroxylation sites is 1. The molecule has 1 heterocycles. The fraction of sp³-hybridized carbons (Fsp3) is 0.273. The molecule has 1 aliphatic rings. The summed E-state index contributed by atoms with van der Waals surface area (Å²) in [5.41, 5.74) is -0.411. The first-order chi connectivity index (χ1) is 14.4. The van der Waals surface area contributed by atoms with Crippen LogP contribution in [0.15, 0.2) is 56.1 Å². The number of carboxylic acids is 1. The molecule has 4 rings (SSSR count). The van der Waals surface area contributed by atoms with Gasteiger partial charge in [-0.1, -0.05) is 33.6 Å². The Morgan fingerprint density at radius 3 is 2.70 bits per heavy atom. The molecule has 3 aromatic rings. The molecular formula is C22H18BrClO6. The van der Waals surface area contributed by atoms with Crippen LogP contribution in [0.2, 0.25) is 5.02 Å². The Kier molecular flexibility index (Phi) is 5.86. The number of rotatable bonds is 7. The van der Waals surface area contributed by atoms with Gasteiger partial charge >= 0.3 is 5.97 Å². The highest BCUT2D eigenvalue weighted by Crippen LogP contribution is 2.37. The third kappa shape index (κ3) is 3.97. The van der Waals surface area contributed by atoms with Crippen molar-refractivity contribution < 1.29 is 23.8 Å². The number of hydrogen-bond acceptors (Lipinski definition) is 5. The lowest BCUT2D eigenvalue weighted by Gasteiger charge is -2.37. The number of carbonyl (C=O) groups is 1. The fourth-order valence-electron chi connectivity index (χ4n) is 3.40. The number of hydrogen-bond donors (Lipinski definition) is 1. The van der Waals surface area contributed by atoms with E-state index in [1.807, 2.05) is 6.07 Å². The molecular weight excluding hydrogens is 476 g/mol. The van der Waals surface area contributed by atoms with E-state index in [1.165, 1.54) is 6.07 Å². The Hall–Kier alpha value is -2.35. The molecule has 8 heteroatoms. The van der Waals surface area contributed by atoms with E-state index in [9.17, 15) is 14.7 Å². The molecule has 1 saturated carbocycles. The van der Waals surface area contributed by atoms with Gasteiger partial charge < -0.3 is 19.0 Å². The van der Waals surface area contributed by atoms with Crippen LogP contribution in [-0.2, 0) is 9.53 Å². The van der Waals surface area contributed by atoms with Gasteiger partial charge in [0.2, 0.25) is 0 Å². The first-order valence-electron chi connectivity index (χ1n) is 9.42. The summed E-state index contributed by atoms with van der Waals surface area (Å²) in [7, 11) is 0. The zero-order chi connectivity index (χ0) is 21.3. The maximum atomic E-state index is 12.5. The second-order valence-electron chi connectivity index (χ2n) is 7.08. The van der Waals surface area contributed by atoms with Gasteiger partial charge in [-0.15, -0.1) is 0 Å². The highest BCUT2D eigenvalue weighted by molar-refractivity contribution is 9.10. The van der Waals surface area contributed by atoms with Crippen molar-refractivity contribution in [2.75, 3.05) is 13.2 Å². The molecule has 0 amide bonds. The zero-order valence-corrected chi connectivity index (χ0v) is 18.2. The number of benzene rings is 2. The lowest BCUT2D eigenvalue weighted by atomic mass is 9.80. The van der Waals surface area contributed by atoms with Crippen molar-refractivity contribution in [1.29, 1.82) is 0 Å². The van der Waals surface area contributed by atoms with Crippen LogP contribution in [0.1, 0.15) is 19.3 Å². The first-order valence-corrected chi connectivity index (χ1v) is 10.6. The molecule has 0 saturated heterocycles. The molecule has 30 heavy (non-hydrogen) atoms. The van der Waals surface area contributed by atoms with Crippen LogP contribution in [0.25, 0.3) is 22.3 Å². The Labute approximate surface area is 185 Å². The third-order valence-electron chi connectivity index (χ3n) is 5.19. The average molecular weight is 494 g/mol. The summed E-state index contributed by atoms with van der Waals surface area (Å²) in [6.45, 7) is 0.281. The number of carboxylic acid groups (broad SMARTS) is 1. The van der Waals surface area contributed by atoms with E-state index in [4.69, 9.17) is 25.5 Å². The molecule has 1 aromatic heterocycles. The molecule has 156 valence electrons. The minimum atomic E-state index is -1.09. The fourth-order valence-corrected chi connectivity index (χ4v) is 3.95. The van der Waals surface area contributed by atoms with E-state index in [-0.39, 0.29) is 18.6 Å². The topological polar surface area (TPSA) is 86.0 Å². The van der Waals surface area contributed by atoms with Gasteiger partial charge in [-0.3, -0.25) is 4.79 Å². The Morgan fingerprint density at radius 2 is 2.00 bits per heavy atom. The maximum Gasteiger partial charge on any atom is 0.335 e. The lowest BCUT2D eigenvalue weighted by molar-refractivity contribution is -0.179. The van der Waals surface area contributed by atoms with Gasteiger partial charge in [0.15, 0.2) is 16.6 Å². The maximum absolute atomic E-state index is 12.5. The molecule has 0 atom stereocenters. The Bertz CT molecular complexity index is 1170. The SMILES string of the molecule is O=C(O)C1(OCCOc2cc(Br)ccc2-c2cc(=O)c3cccc(Cl)c3o2)CCC1. The second kappa shape index (κ2) is 8.41. The van der Waals surface area contributed by atoms with E-state index in [2.05, 4.69) is 15.9 Å². The van der Waals surface area contributed by atoms with Gasteiger partial charge in [0.05, 0.1) is 22.6 Å². The number of aliphatic carboxylic acids is 1. The lowest BCUT2D eigenvalue weighted by Crippen LogP contribution is -2.48. The summed E-state index contributed by atoms with van der Waals surface area (Å²) in [5, 5.41) is 10.1. The van der Waals surface area contributed by atoms with Crippen LogP contribution < -0.4 is 10.2 Å². The van der Waals surface area contributed by atoms with E-state index in [0.29, 0.717) is 45.9 Å². The van der Waals surface area contributed by atoms with Crippen molar-refractivity contribution in [3.63, 3.8) is 0 Å². The summed E-state index contributed by atoms with van der Waals surface area (Å²) in [6.07, 6.45) is 1.85. The molecule has 0 radical (unpaired) electrons. The summed E-state index contributed by atoms with van der Waals surface area (Å²) in [6, 6.07) is 11.7. The van der Waals surface area contributed by atoms with Crippen LogP contribution in [0, 0.1) is 0 Å². The molecule has 6 nitrogen and oxygen atoms in total. The average Bonchev–Trinajstić information content (AvgIpc) is 2.67. The van der Waals surface area contributed by atoms with Crippen molar-refractivity contribution in [2.24, 2.45) is 0 Å². The van der Waals surface area contributed by atoms with Crippen LogP contribution >= 0.6 is 27.5 Å². The minimum absolute atomic E-state index is 0.131.